The van der Waals surface area contributed by atoms with Gasteiger partial charge in [-0.1, -0.05) is 13.0 Å². The highest BCUT2D eigenvalue weighted by molar-refractivity contribution is 4.79. The minimum absolute atomic E-state index is 0.206. The Labute approximate surface area is 106 Å². The molecule has 0 amide bonds. The number of hydrogen-bond acceptors (Lipinski definition) is 3. The molecule has 1 fully saturated rings. The van der Waals surface area contributed by atoms with E-state index in [0.717, 1.165) is 19.4 Å². The summed E-state index contributed by atoms with van der Waals surface area (Å²) >= 11 is 0. The van der Waals surface area contributed by atoms with Crippen LogP contribution in [0.1, 0.15) is 32.6 Å². The fourth-order valence-corrected chi connectivity index (χ4v) is 2.56. The maximum atomic E-state index is 9.88. The predicted octanol–water partition coefficient (Wildman–Crippen LogP) is 1.73. The number of piperidine rings is 1. The zero-order valence-electron chi connectivity index (χ0n) is 11.4. The van der Waals surface area contributed by atoms with E-state index in [1.54, 1.807) is 0 Å². The lowest BCUT2D eigenvalue weighted by Gasteiger charge is -2.37. The number of hydrogen-bond donors (Lipinski definition) is 1. The summed E-state index contributed by atoms with van der Waals surface area (Å²) in [6, 6.07) is 0.649. The first-order valence-corrected chi connectivity index (χ1v) is 6.89. The quantitative estimate of drug-likeness (QED) is 0.687. The van der Waals surface area contributed by atoms with E-state index in [2.05, 4.69) is 30.4 Å². The third-order valence-electron chi connectivity index (χ3n) is 3.83. The lowest BCUT2D eigenvalue weighted by Crippen LogP contribution is -2.45. The molecule has 0 radical (unpaired) electrons. The second kappa shape index (κ2) is 7.85. The largest absolute Gasteiger partial charge is 0.392 e. The van der Waals surface area contributed by atoms with Crippen LogP contribution >= 0.6 is 0 Å². The van der Waals surface area contributed by atoms with E-state index < -0.39 is 0 Å². The summed E-state index contributed by atoms with van der Waals surface area (Å²) in [5.74, 6) is 0. The van der Waals surface area contributed by atoms with Crippen molar-refractivity contribution in [2.24, 2.45) is 0 Å². The SMILES string of the molecule is C=CCCC(O)CN(C)C1CCN(CC)CC1. The lowest BCUT2D eigenvalue weighted by molar-refractivity contribution is 0.0713. The number of likely N-dealkylation sites (N-methyl/N-ethyl adjacent to an activating group) is 1. The van der Waals surface area contributed by atoms with Gasteiger partial charge in [0.2, 0.25) is 0 Å². The fraction of sp³-hybridized carbons (Fsp3) is 0.857. The van der Waals surface area contributed by atoms with Gasteiger partial charge in [0.05, 0.1) is 6.10 Å². The summed E-state index contributed by atoms with van der Waals surface area (Å²) < 4.78 is 0. The van der Waals surface area contributed by atoms with Crippen LogP contribution in [0.15, 0.2) is 12.7 Å². The monoisotopic (exact) mass is 240 g/mol. The maximum Gasteiger partial charge on any atom is 0.0670 e. The highest BCUT2D eigenvalue weighted by atomic mass is 16.3. The number of nitrogens with zero attached hydrogens (tertiary/aromatic N) is 2. The number of rotatable bonds is 7. The molecule has 0 bridgehead atoms. The second-order valence-corrected chi connectivity index (χ2v) is 5.12. The molecule has 3 heteroatoms. The molecule has 0 saturated carbocycles. The zero-order chi connectivity index (χ0) is 12.7. The minimum atomic E-state index is -0.206. The summed E-state index contributed by atoms with van der Waals surface area (Å²) in [6.45, 7) is 10.3. The fourth-order valence-electron chi connectivity index (χ4n) is 2.56. The van der Waals surface area contributed by atoms with Gasteiger partial charge in [-0.3, -0.25) is 0 Å². The molecule has 3 nitrogen and oxygen atoms in total. The van der Waals surface area contributed by atoms with Crippen molar-refractivity contribution in [2.45, 2.75) is 44.8 Å². The van der Waals surface area contributed by atoms with E-state index in [0.29, 0.717) is 6.04 Å². The molecule has 1 saturated heterocycles. The molecule has 1 aliphatic heterocycles. The van der Waals surface area contributed by atoms with Crippen LogP contribution in [0.5, 0.6) is 0 Å². The third-order valence-corrected chi connectivity index (χ3v) is 3.83. The summed E-state index contributed by atoms with van der Waals surface area (Å²) in [5, 5.41) is 9.88. The molecule has 0 aromatic heterocycles. The highest BCUT2D eigenvalue weighted by Gasteiger charge is 2.22. The maximum absolute atomic E-state index is 9.88. The standard InChI is InChI=1S/C14H28N2O/c1-4-6-7-14(17)12-15(3)13-8-10-16(5-2)11-9-13/h4,13-14,17H,1,5-12H2,2-3H3. The average Bonchev–Trinajstić information content (AvgIpc) is 2.36. The van der Waals surface area contributed by atoms with Crippen LogP contribution in [-0.4, -0.2) is 60.3 Å². The predicted molar refractivity (Wildman–Crippen MR) is 73.2 cm³/mol. The molecule has 17 heavy (non-hydrogen) atoms. The number of aliphatic hydroxyl groups excluding tert-OH is 1. The number of allylic oxidation sites excluding steroid dienone is 1. The average molecular weight is 240 g/mol. The van der Waals surface area contributed by atoms with Crippen LogP contribution in [0.25, 0.3) is 0 Å². The molecule has 0 aliphatic carbocycles. The Morgan fingerprint density at radius 1 is 1.47 bits per heavy atom. The molecule has 1 unspecified atom stereocenters. The molecule has 1 rings (SSSR count). The van der Waals surface area contributed by atoms with E-state index in [1.165, 1.54) is 32.5 Å². The summed E-state index contributed by atoms with van der Waals surface area (Å²) in [4.78, 5) is 4.83. The van der Waals surface area contributed by atoms with Crippen molar-refractivity contribution in [3.63, 3.8) is 0 Å². The first-order chi connectivity index (χ1) is 8.17. The van der Waals surface area contributed by atoms with Gasteiger partial charge in [0.1, 0.15) is 0 Å². The Kier molecular flexibility index (Phi) is 6.78. The number of likely N-dealkylation sites (tertiary alicyclic amines) is 1. The first kappa shape index (κ1) is 14.7. The van der Waals surface area contributed by atoms with Gasteiger partial charge in [-0.2, -0.15) is 0 Å². The molecule has 1 atom stereocenters. The minimum Gasteiger partial charge on any atom is -0.392 e. The van der Waals surface area contributed by atoms with E-state index >= 15 is 0 Å². The van der Waals surface area contributed by atoms with Crippen LogP contribution in [-0.2, 0) is 0 Å². The van der Waals surface area contributed by atoms with Crippen LogP contribution in [0, 0.1) is 0 Å². The Bertz CT molecular complexity index is 212. The zero-order valence-corrected chi connectivity index (χ0v) is 11.4. The molecule has 100 valence electrons. The van der Waals surface area contributed by atoms with Crippen molar-refractivity contribution in [1.82, 2.24) is 9.80 Å². The number of aliphatic hydroxyl groups is 1. The topological polar surface area (TPSA) is 26.7 Å². The van der Waals surface area contributed by atoms with Gasteiger partial charge in [0, 0.05) is 12.6 Å². The molecule has 1 aliphatic rings. The van der Waals surface area contributed by atoms with E-state index in [9.17, 15) is 5.11 Å². The molecule has 1 N–H and O–H groups in total. The molecular formula is C14H28N2O. The summed E-state index contributed by atoms with van der Waals surface area (Å²) in [5.41, 5.74) is 0. The smallest absolute Gasteiger partial charge is 0.0670 e. The Morgan fingerprint density at radius 2 is 2.12 bits per heavy atom. The third kappa shape index (κ3) is 5.19. The molecule has 0 aromatic carbocycles. The Balaban J connectivity index is 2.23. The van der Waals surface area contributed by atoms with Crippen molar-refractivity contribution in [3.05, 3.63) is 12.7 Å². The summed E-state index contributed by atoms with van der Waals surface area (Å²) in [7, 11) is 2.14. The van der Waals surface area contributed by atoms with Crippen molar-refractivity contribution in [2.75, 3.05) is 33.2 Å². The second-order valence-electron chi connectivity index (χ2n) is 5.12. The van der Waals surface area contributed by atoms with Gasteiger partial charge < -0.3 is 14.9 Å². The van der Waals surface area contributed by atoms with Crippen LogP contribution in [0.3, 0.4) is 0 Å². The van der Waals surface area contributed by atoms with Crippen molar-refractivity contribution < 1.29 is 5.11 Å². The normalized spacial score (nSPS) is 20.7. The molecular weight excluding hydrogens is 212 g/mol. The van der Waals surface area contributed by atoms with Crippen molar-refractivity contribution in [1.29, 1.82) is 0 Å². The molecule has 0 aromatic rings. The Morgan fingerprint density at radius 3 is 2.65 bits per heavy atom. The molecule has 1 heterocycles. The van der Waals surface area contributed by atoms with E-state index in [1.807, 2.05) is 6.08 Å². The Hall–Kier alpha value is -0.380. The summed E-state index contributed by atoms with van der Waals surface area (Å²) in [6.07, 6.45) is 5.88. The highest BCUT2D eigenvalue weighted by Crippen LogP contribution is 2.15. The van der Waals surface area contributed by atoms with Crippen molar-refractivity contribution >= 4 is 0 Å². The van der Waals surface area contributed by atoms with Gasteiger partial charge >= 0.3 is 0 Å². The lowest BCUT2D eigenvalue weighted by atomic mass is 10.0. The van der Waals surface area contributed by atoms with Crippen LogP contribution in [0.2, 0.25) is 0 Å². The van der Waals surface area contributed by atoms with Crippen LogP contribution in [0.4, 0.5) is 0 Å². The van der Waals surface area contributed by atoms with Gasteiger partial charge in [-0.05, 0) is 52.4 Å². The van der Waals surface area contributed by atoms with E-state index in [-0.39, 0.29) is 6.10 Å². The molecule has 0 spiro atoms. The van der Waals surface area contributed by atoms with Crippen LogP contribution < -0.4 is 0 Å². The van der Waals surface area contributed by atoms with Crippen molar-refractivity contribution in [3.8, 4) is 0 Å². The van der Waals surface area contributed by atoms with E-state index in [4.69, 9.17) is 0 Å². The van der Waals surface area contributed by atoms with Gasteiger partial charge in [0.25, 0.3) is 0 Å². The van der Waals surface area contributed by atoms with Gasteiger partial charge in [-0.15, -0.1) is 6.58 Å². The van der Waals surface area contributed by atoms with Gasteiger partial charge in [0.15, 0.2) is 0 Å². The first-order valence-electron chi connectivity index (χ1n) is 6.89. The van der Waals surface area contributed by atoms with Gasteiger partial charge in [-0.25, -0.2) is 0 Å².